The van der Waals surface area contributed by atoms with E-state index in [1.165, 1.54) is 0 Å². The Morgan fingerprint density at radius 3 is 2.56 bits per heavy atom. The van der Waals surface area contributed by atoms with Crippen LogP contribution in [-0.4, -0.2) is 43.4 Å². The number of furan rings is 1. The van der Waals surface area contributed by atoms with Crippen molar-refractivity contribution in [3.05, 3.63) is 54.0 Å². The molecule has 1 atom stereocenters. The summed E-state index contributed by atoms with van der Waals surface area (Å²) in [4.78, 5) is 14.7. The molecule has 146 valence electrons. The molecule has 3 rings (SSSR count). The van der Waals surface area contributed by atoms with Crippen LogP contribution in [0, 0.1) is 5.92 Å². The van der Waals surface area contributed by atoms with Gasteiger partial charge in [-0.15, -0.1) is 0 Å². The second-order valence-electron chi connectivity index (χ2n) is 7.30. The largest absolute Gasteiger partial charge is 0.493 e. The Morgan fingerprint density at radius 1 is 1.26 bits per heavy atom. The molecular formula is C20H25NO5S. The molecule has 0 spiro atoms. The highest BCUT2D eigenvalue weighted by Crippen LogP contribution is 2.23. The van der Waals surface area contributed by atoms with Crippen molar-refractivity contribution in [1.29, 1.82) is 0 Å². The zero-order valence-electron chi connectivity index (χ0n) is 15.6. The summed E-state index contributed by atoms with van der Waals surface area (Å²) in [5.74, 6) is 1.66. The number of sulfone groups is 1. The Balaban J connectivity index is 1.77. The lowest BCUT2D eigenvalue weighted by atomic mass is 10.1. The molecule has 0 unspecified atom stereocenters. The quantitative estimate of drug-likeness (QED) is 0.725. The van der Waals surface area contributed by atoms with Crippen molar-refractivity contribution >= 4 is 15.7 Å². The molecule has 0 N–H and O–H groups in total. The van der Waals surface area contributed by atoms with Gasteiger partial charge in [-0.2, -0.15) is 0 Å². The number of hydrogen-bond acceptors (Lipinski definition) is 5. The molecule has 2 aromatic rings. The Labute approximate surface area is 160 Å². The fourth-order valence-electron chi connectivity index (χ4n) is 3.08. The highest BCUT2D eigenvalue weighted by molar-refractivity contribution is 7.91. The molecule has 1 saturated heterocycles. The Hall–Kier alpha value is -2.28. The van der Waals surface area contributed by atoms with Gasteiger partial charge in [0.15, 0.2) is 9.84 Å². The van der Waals surface area contributed by atoms with Crippen molar-refractivity contribution in [2.24, 2.45) is 5.92 Å². The number of benzene rings is 1. The number of ether oxygens (including phenoxy) is 1. The van der Waals surface area contributed by atoms with E-state index in [9.17, 15) is 13.2 Å². The molecule has 0 bridgehead atoms. The minimum Gasteiger partial charge on any atom is -0.493 e. The molecule has 1 aromatic heterocycles. The van der Waals surface area contributed by atoms with E-state index in [1.807, 2.05) is 0 Å². The first kappa shape index (κ1) is 19.5. The van der Waals surface area contributed by atoms with Gasteiger partial charge < -0.3 is 14.1 Å². The number of rotatable bonds is 7. The van der Waals surface area contributed by atoms with E-state index in [4.69, 9.17) is 9.15 Å². The van der Waals surface area contributed by atoms with Gasteiger partial charge in [-0.1, -0.05) is 13.8 Å². The van der Waals surface area contributed by atoms with Gasteiger partial charge in [0.1, 0.15) is 11.5 Å². The fourth-order valence-corrected chi connectivity index (χ4v) is 4.81. The molecule has 7 heteroatoms. The molecule has 0 radical (unpaired) electrons. The van der Waals surface area contributed by atoms with Gasteiger partial charge in [-0.05, 0) is 48.7 Å². The van der Waals surface area contributed by atoms with Crippen molar-refractivity contribution in [2.75, 3.05) is 18.1 Å². The monoisotopic (exact) mass is 391 g/mol. The highest BCUT2D eigenvalue weighted by Gasteiger charge is 2.35. The maximum atomic E-state index is 13.1. The zero-order chi connectivity index (χ0) is 19.4. The van der Waals surface area contributed by atoms with Crippen LogP contribution < -0.4 is 4.74 Å². The van der Waals surface area contributed by atoms with Gasteiger partial charge in [0, 0.05) is 11.6 Å². The summed E-state index contributed by atoms with van der Waals surface area (Å²) in [5, 5.41) is 0. The summed E-state index contributed by atoms with van der Waals surface area (Å²) in [6.45, 7) is 5.00. The molecule has 0 saturated carbocycles. The molecule has 0 aliphatic carbocycles. The highest BCUT2D eigenvalue weighted by atomic mass is 32.2. The van der Waals surface area contributed by atoms with Crippen LogP contribution >= 0.6 is 0 Å². The second kappa shape index (κ2) is 8.17. The van der Waals surface area contributed by atoms with Crippen LogP contribution in [0.3, 0.4) is 0 Å². The lowest BCUT2D eigenvalue weighted by Crippen LogP contribution is -2.40. The number of nitrogens with zero attached hydrogens (tertiary/aromatic N) is 1. The van der Waals surface area contributed by atoms with E-state index in [1.54, 1.807) is 47.6 Å². The van der Waals surface area contributed by atoms with E-state index < -0.39 is 9.84 Å². The van der Waals surface area contributed by atoms with E-state index in [-0.39, 0.29) is 30.0 Å². The smallest absolute Gasteiger partial charge is 0.254 e. The van der Waals surface area contributed by atoms with Gasteiger partial charge in [-0.3, -0.25) is 4.79 Å². The third-order valence-corrected chi connectivity index (χ3v) is 6.25. The summed E-state index contributed by atoms with van der Waals surface area (Å²) in [6, 6.07) is 10.2. The standard InChI is InChI=1S/C20H25NO5S/c1-15(2)13-26-18-7-5-16(6-8-18)20(22)21(12-19-4-3-10-25-19)17-9-11-27(23,24)14-17/h3-8,10,15,17H,9,11-14H2,1-2H3/t17-/m0/s1. The van der Waals surface area contributed by atoms with Crippen LogP contribution in [0.5, 0.6) is 5.75 Å². The molecule has 1 fully saturated rings. The van der Waals surface area contributed by atoms with Gasteiger partial charge in [0.05, 0.1) is 30.9 Å². The summed E-state index contributed by atoms with van der Waals surface area (Å²) in [6.07, 6.45) is 1.99. The second-order valence-corrected chi connectivity index (χ2v) is 9.53. The molecule has 1 amide bonds. The first-order chi connectivity index (χ1) is 12.8. The van der Waals surface area contributed by atoms with Gasteiger partial charge >= 0.3 is 0 Å². The lowest BCUT2D eigenvalue weighted by Gasteiger charge is -2.27. The van der Waals surface area contributed by atoms with Crippen LogP contribution in [0.4, 0.5) is 0 Å². The van der Waals surface area contributed by atoms with E-state index in [0.29, 0.717) is 36.0 Å². The maximum Gasteiger partial charge on any atom is 0.254 e. The van der Waals surface area contributed by atoms with Crippen molar-refractivity contribution in [2.45, 2.75) is 32.9 Å². The normalized spacial score (nSPS) is 18.6. The van der Waals surface area contributed by atoms with Crippen LogP contribution in [-0.2, 0) is 16.4 Å². The Kier molecular flexibility index (Phi) is 5.89. The third-order valence-electron chi connectivity index (χ3n) is 4.50. The topological polar surface area (TPSA) is 76.8 Å². The van der Waals surface area contributed by atoms with Gasteiger partial charge in [0.2, 0.25) is 0 Å². The van der Waals surface area contributed by atoms with Crippen LogP contribution in [0.25, 0.3) is 0 Å². The predicted octanol–water partition coefficient (Wildman–Crippen LogP) is 3.14. The SMILES string of the molecule is CC(C)COc1ccc(C(=O)N(Cc2ccco2)[C@H]2CCS(=O)(=O)C2)cc1. The first-order valence-corrected chi connectivity index (χ1v) is 10.9. The molecule has 27 heavy (non-hydrogen) atoms. The maximum absolute atomic E-state index is 13.1. The van der Waals surface area contributed by atoms with E-state index in [2.05, 4.69) is 13.8 Å². The summed E-state index contributed by atoms with van der Waals surface area (Å²) in [7, 11) is -3.10. The molecule has 1 aliphatic rings. The summed E-state index contributed by atoms with van der Waals surface area (Å²) in [5.41, 5.74) is 0.503. The van der Waals surface area contributed by atoms with Crippen LogP contribution in [0.15, 0.2) is 47.1 Å². The molecular weight excluding hydrogens is 366 g/mol. The number of hydrogen-bond donors (Lipinski definition) is 0. The predicted molar refractivity (Wildman–Crippen MR) is 102 cm³/mol. The number of carbonyl (C=O) groups is 1. The van der Waals surface area contributed by atoms with Gasteiger partial charge in [0.25, 0.3) is 5.91 Å². The van der Waals surface area contributed by atoms with E-state index >= 15 is 0 Å². The summed E-state index contributed by atoms with van der Waals surface area (Å²) >= 11 is 0. The van der Waals surface area contributed by atoms with Crippen molar-refractivity contribution in [1.82, 2.24) is 4.90 Å². The van der Waals surface area contributed by atoms with Crippen molar-refractivity contribution < 1.29 is 22.4 Å². The minimum atomic E-state index is -3.10. The molecule has 2 heterocycles. The van der Waals surface area contributed by atoms with Crippen LogP contribution in [0.2, 0.25) is 0 Å². The lowest BCUT2D eigenvalue weighted by molar-refractivity contribution is 0.0666. The van der Waals surface area contributed by atoms with Crippen molar-refractivity contribution in [3.8, 4) is 5.75 Å². The average molecular weight is 391 g/mol. The Bertz CT molecular complexity index is 856. The molecule has 1 aliphatic heterocycles. The first-order valence-electron chi connectivity index (χ1n) is 9.11. The van der Waals surface area contributed by atoms with Crippen molar-refractivity contribution in [3.63, 3.8) is 0 Å². The van der Waals surface area contributed by atoms with E-state index in [0.717, 1.165) is 0 Å². The number of carbonyl (C=O) groups excluding carboxylic acids is 1. The van der Waals surface area contributed by atoms with Crippen LogP contribution in [0.1, 0.15) is 36.4 Å². The summed E-state index contributed by atoms with van der Waals surface area (Å²) < 4.78 is 34.8. The molecule has 1 aromatic carbocycles. The van der Waals surface area contributed by atoms with Gasteiger partial charge in [-0.25, -0.2) is 8.42 Å². The molecule has 6 nitrogen and oxygen atoms in total. The Morgan fingerprint density at radius 2 is 2.00 bits per heavy atom. The average Bonchev–Trinajstić information content (AvgIpc) is 3.27. The zero-order valence-corrected chi connectivity index (χ0v) is 16.4. The number of amides is 1. The fraction of sp³-hybridized carbons (Fsp3) is 0.450. The third kappa shape index (κ3) is 5.13. The minimum absolute atomic E-state index is 0.00493.